The highest BCUT2D eigenvalue weighted by Gasteiger charge is 2.32. The lowest BCUT2D eigenvalue weighted by atomic mass is 10.0. The largest absolute Gasteiger partial charge is 0.494 e. The summed E-state index contributed by atoms with van der Waals surface area (Å²) in [6, 6.07) is 11.7. The maximum Gasteiger partial charge on any atom is 0.248 e. The molecule has 1 amide bonds. The Kier molecular flexibility index (Phi) is 7.67. The number of nitrogens with one attached hydrogen (secondary N) is 1. The number of rotatable bonds is 9. The lowest BCUT2D eigenvalue weighted by Crippen LogP contribution is -2.47. The number of amides is 1. The molecule has 7 heteroatoms. The van der Waals surface area contributed by atoms with E-state index in [1.165, 1.54) is 4.31 Å². The van der Waals surface area contributed by atoms with Crippen LogP contribution in [0.5, 0.6) is 5.75 Å². The average Bonchev–Trinajstić information content (AvgIpc) is 2.67. The fourth-order valence-corrected chi connectivity index (χ4v) is 4.54. The summed E-state index contributed by atoms with van der Waals surface area (Å²) < 4.78 is 31.8. The average molecular weight is 419 g/mol. The van der Waals surface area contributed by atoms with Gasteiger partial charge in [-0.05, 0) is 62.1 Å². The van der Waals surface area contributed by atoms with E-state index < -0.39 is 16.1 Å². The molecule has 0 heterocycles. The lowest BCUT2D eigenvalue weighted by molar-refractivity contribution is -0.117. The van der Waals surface area contributed by atoms with Crippen LogP contribution in [0, 0.1) is 6.92 Å². The summed E-state index contributed by atoms with van der Waals surface area (Å²) >= 11 is 0. The van der Waals surface area contributed by atoms with Crippen LogP contribution in [-0.2, 0) is 21.2 Å². The number of aryl methyl sites for hydroxylation is 2. The monoisotopic (exact) mass is 418 g/mol. The van der Waals surface area contributed by atoms with E-state index in [9.17, 15) is 13.2 Å². The summed E-state index contributed by atoms with van der Waals surface area (Å²) in [5, 5.41) is 2.97. The van der Waals surface area contributed by atoms with Crippen molar-refractivity contribution in [1.29, 1.82) is 0 Å². The van der Waals surface area contributed by atoms with Gasteiger partial charge < -0.3 is 10.1 Å². The molecular formula is C22H30N2O4S. The Bertz CT molecular complexity index is 940. The molecule has 0 radical (unpaired) electrons. The van der Waals surface area contributed by atoms with Gasteiger partial charge in [-0.15, -0.1) is 0 Å². The van der Waals surface area contributed by atoms with Crippen LogP contribution in [0.4, 0.5) is 11.4 Å². The van der Waals surface area contributed by atoms with Crippen molar-refractivity contribution in [3.05, 3.63) is 53.6 Å². The van der Waals surface area contributed by atoms with Crippen LogP contribution < -0.4 is 14.4 Å². The molecule has 2 aromatic carbocycles. The van der Waals surface area contributed by atoms with Crippen LogP contribution in [-0.4, -0.2) is 33.2 Å². The normalized spacial score (nSPS) is 12.3. The van der Waals surface area contributed by atoms with Gasteiger partial charge in [0.25, 0.3) is 0 Å². The Labute approximate surface area is 173 Å². The molecule has 0 fully saturated rings. The van der Waals surface area contributed by atoms with Crippen molar-refractivity contribution in [3.63, 3.8) is 0 Å². The minimum Gasteiger partial charge on any atom is -0.494 e. The predicted molar refractivity (Wildman–Crippen MR) is 118 cm³/mol. The third-order valence-electron chi connectivity index (χ3n) is 4.72. The highest BCUT2D eigenvalue weighted by atomic mass is 32.2. The number of carbonyl (C=O) groups is 1. The van der Waals surface area contributed by atoms with Gasteiger partial charge >= 0.3 is 0 Å². The maximum absolute atomic E-state index is 13.2. The predicted octanol–water partition coefficient (Wildman–Crippen LogP) is 4.14. The van der Waals surface area contributed by atoms with Crippen molar-refractivity contribution in [3.8, 4) is 5.75 Å². The number of hydrogen-bond donors (Lipinski definition) is 1. The van der Waals surface area contributed by atoms with E-state index in [-0.39, 0.29) is 5.91 Å². The molecular weight excluding hydrogens is 388 g/mol. The second-order valence-corrected chi connectivity index (χ2v) is 8.72. The van der Waals surface area contributed by atoms with Crippen LogP contribution in [0.3, 0.4) is 0 Å². The molecule has 0 aromatic heterocycles. The van der Waals surface area contributed by atoms with Crippen LogP contribution in [0.15, 0.2) is 42.5 Å². The molecule has 2 aromatic rings. The molecule has 0 bridgehead atoms. The van der Waals surface area contributed by atoms with Gasteiger partial charge in [0.05, 0.1) is 18.6 Å². The van der Waals surface area contributed by atoms with E-state index in [1.807, 2.05) is 39.0 Å². The number of hydrogen-bond acceptors (Lipinski definition) is 4. The summed E-state index contributed by atoms with van der Waals surface area (Å²) in [6.45, 7) is 8.15. The van der Waals surface area contributed by atoms with E-state index in [4.69, 9.17) is 4.74 Å². The van der Waals surface area contributed by atoms with E-state index in [0.29, 0.717) is 24.5 Å². The number of carbonyl (C=O) groups excluding carboxylic acids is 1. The summed E-state index contributed by atoms with van der Waals surface area (Å²) in [5.41, 5.74) is 3.14. The maximum atomic E-state index is 13.2. The Morgan fingerprint density at radius 3 is 2.28 bits per heavy atom. The molecule has 1 unspecified atom stereocenters. The summed E-state index contributed by atoms with van der Waals surface area (Å²) in [7, 11) is -3.69. The van der Waals surface area contributed by atoms with Gasteiger partial charge in [0, 0.05) is 5.69 Å². The molecule has 6 nitrogen and oxygen atoms in total. The Hall–Kier alpha value is -2.54. The van der Waals surface area contributed by atoms with Gasteiger partial charge in [-0.25, -0.2) is 8.42 Å². The van der Waals surface area contributed by atoms with Gasteiger partial charge in [-0.2, -0.15) is 0 Å². The van der Waals surface area contributed by atoms with E-state index >= 15 is 0 Å². The number of sulfonamides is 1. The molecule has 0 spiro atoms. The zero-order valence-corrected chi connectivity index (χ0v) is 18.5. The van der Waals surface area contributed by atoms with Crippen molar-refractivity contribution < 1.29 is 17.9 Å². The molecule has 0 saturated carbocycles. The summed E-state index contributed by atoms with van der Waals surface area (Å²) in [6.07, 6.45) is 2.22. The lowest BCUT2D eigenvalue weighted by Gasteiger charge is -2.30. The second kappa shape index (κ2) is 9.78. The molecule has 158 valence electrons. The zero-order chi connectivity index (χ0) is 21.6. The van der Waals surface area contributed by atoms with Gasteiger partial charge in [-0.1, -0.05) is 32.0 Å². The molecule has 0 aliphatic heterocycles. The van der Waals surface area contributed by atoms with Crippen molar-refractivity contribution in [2.24, 2.45) is 0 Å². The van der Waals surface area contributed by atoms with E-state index in [1.54, 1.807) is 31.2 Å². The molecule has 0 aliphatic rings. The van der Waals surface area contributed by atoms with Crippen LogP contribution in [0.25, 0.3) is 0 Å². The number of para-hydroxylation sites is 1. The van der Waals surface area contributed by atoms with Crippen molar-refractivity contribution in [2.75, 3.05) is 22.5 Å². The smallest absolute Gasteiger partial charge is 0.248 e. The molecule has 29 heavy (non-hydrogen) atoms. The first-order chi connectivity index (χ1) is 13.7. The quantitative estimate of drug-likeness (QED) is 0.664. The first kappa shape index (κ1) is 22.7. The van der Waals surface area contributed by atoms with Crippen molar-refractivity contribution in [1.82, 2.24) is 0 Å². The van der Waals surface area contributed by atoms with Crippen LogP contribution >= 0.6 is 0 Å². The number of anilines is 2. The first-order valence-electron chi connectivity index (χ1n) is 9.84. The topological polar surface area (TPSA) is 75.7 Å². The van der Waals surface area contributed by atoms with Gasteiger partial charge in [0.15, 0.2) is 0 Å². The SMILES string of the molecule is CCOc1ccc(N(C(CC)C(=O)Nc2c(C)cccc2CC)S(C)(=O)=O)cc1. The Balaban J connectivity index is 2.40. The summed E-state index contributed by atoms with van der Waals surface area (Å²) in [4.78, 5) is 13.2. The molecule has 1 atom stereocenters. The summed E-state index contributed by atoms with van der Waals surface area (Å²) in [5.74, 6) is 0.297. The molecule has 1 N–H and O–H groups in total. The van der Waals surface area contributed by atoms with Crippen LogP contribution in [0.2, 0.25) is 0 Å². The minimum absolute atomic E-state index is 0.333. The third kappa shape index (κ3) is 5.50. The van der Waals surface area contributed by atoms with Gasteiger partial charge in [0.2, 0.25) is 15.9 Å². The van der Waals surface area contributed by atoms with Gasteiger partial charge in [-0.3, -0.25) is 9.10 Å². The number of nitrogens with zero attached hydrogens (tertiary/aromatic N) is 1. The van der Waals surface area contributed by atoms with Crippen molar-refractivity contribution >= 4 is 27.3 Å². The highest BCUT2D eigenvalue weighted by molar-refractivity contribution is 7.92. The molecule has 0 saturated heterocycles. The molecule has 0 aliphatic carbocycles. The van der Waals surface area contributed by atoms with E-state index in [0.717, 1.165) is 29.5 Å². The fraction of sp³-hybridized carbons (Fsp3) is 0.409. The highest BCUT2D eigenvalue weighted by Crippen LogP contribution is 2.27. The van der Waals surface area contributed by atoms with Crippen LogP contribution in [0.1, 0.15) is 38.3 Å². The Morgan fingerprint density at radius 2 is 1.76 bits per heavy atom. The minimum atomic E-state index is -3.69. The van der Waals surface area contributed by atoms with E-state index in [2.05, 4.69) is 5.32 Å². The number of ether oxygens (including phenoxy) is 1. The number of benzene rings is 2. The van der Waals surface area contributed by atoms with Gasteiger partial charge in [0.1, 0.15) is 11.8 Å². The third-order valence-corrected chi connectivity index (χ3v) is 5.90. The zero-order valence-electron chi connectivity index (χ0n) is 17.7. The first-order valence-corrected chi connectivity index (χ1v) is 11.7. The standard InChI is InChI=1S/C22H30N2O4S/c1-6-17-11-9-10-16(4)21(17)23-22(25)20(7-2)24(29(5,26)27)18-12-14-19(15-13-18)28-8-3/h9-15,20H,6-8H2,1-5H3,(H,23,25). The molecule has 2 rings (SSSR count). The fourth-order valence-electron chi connectivity index (χ4n) is 3.32. The Morgan fingerprint density at radius 1 is 1.10 bits per heavy atom. The second-order valence-electron chi connectivity index (χ2n) is 6.86. The van der Waals surface area contributed by atoms with Crippen molar-refractivity contribution in [2.45, 2.75) is 46.6 Å².